The smallest absolute Gasteiger partial charge is 0 e. The maximum atomic E-state index is 5.29. The molecule has 0 saturated heterocycles. The number of allylic oxidation sites excluding steroid dienone is 3. The van der Waals surface area contributed by atoms with Gasteiger partial charge in [-0.15, -0.1) is 0 Å². The molecule has 0 aliphatic heterocycles. The van der Waals surface area contributed by atoms with Crippen LogP contribution in [0.1, 0.15) is 20.8 Å². The summed E-state index contributed by atoms with van der Waals surface area (Å²) in [7, 11) is 0. The van der Waals surface area contributed by atoms with E-state index < -0.39 is 0 Å². The first-order chi connectivity index (χ1) is 7.52. The zero-order chi connectivity index (χ0) is 12.4. The van der Waals surface area contributed by atoms with Crippen LogP contribution in [0, 0.1) is 18.1 Å². The third kappa shape index (κ3) is 28.2. The molecular formula is C15H18W7-2. The Kier molecular flexibility index (Phi) is 59.2. The van der Waals surface area contributed by atoms with Crippen molar-refractivity contribution in [2.24, 2.45) is 5.41 Å². The van der Waals surface area contributed by atoms with Gasteiger partial charge in [0.15, 0.2) is 0 Å². The number of hydrogen-bond donors (Lipinski definition) is 0. The van der Waals surface area contributed by atoms with Crippen molar-refractivity contribution in [3.05, 3.63) is 60.7 Å². The molecule has 122 valence electrons. The van der Waals surface area contributed by atoms with E-state index in [9.17, 15) is 0 Å². The van der Waals surface area contributed by atoms with Crippen LogP contribution >= 0.6 is 0 Å². The van der Waals surface area contributed by atoms with Crippen LogP contribution in [0.25, 0.3) is 0 Å². The topological polar surface area (TPSA) is 0 Å². The molecule has 0 aromatic heterocycles. The largest absolute Gasteiger partial charge is 0.184 e. The van der Waals surface area contributed by atoms with Crippen LogP contribution in [0.5, 0.6) is 0 Å². The number of benzene rings is 1. The summed E-state index contributed by atoms with van der Waals surface area (Å²) in [5.41, 5.74) is 1.54. The molecule has 0 aliphatic carbocycles. The molecule has 1 rings (SSSR count). The third-order valence-corrected chi connectivity index (χ3v) is 2.79. The Hall–Kier alpha value is 3.39. The van der Waals surface area contributed by atoms with E-state index in [1.165, 1.54) is 24.9 Å². The molecule has 0 nitrogen and oxygen atoms in total. The Morgan fingerprint density at radius 3 is 1.41 bits per heavy atom. The van der Waals surface area contributed by atoms with Gasteiger partial charge in [0.05, 0.1) is 0 Å². The molecule has 0 bridgehead atoms. The average Bonchev–Trinajstić information content (AvgIpc) is 2.27. The molecule has 0 amide bonds. The fourth-order valence-electron chi connectivity index (χ4n) is 0.912. The summed E-state index contributed by atoms with van der Waals surface area (Å²) < 4.78 is 2.17. The molecule has 1 aromatic carbocycles. The summed E-state index contributed by atoms with van der Waals surface area (Å²) in [6.45, 7) is 11.8. The van der Waals surface area contributed by atoms with Gasteiger partial charge in [-0.3, -0.25) is 0 Å². The van der Waals surface area contributed by atoms with Gasteiger partial charge < -0.3 is 0 Å². The number of rotatable bonds is 2. The van der Waals surface area contributed by atoms with Crippen molar-refractivity contribution < 1.29 is 146 Å². The first kappa shape index (κ1) is 44.7. The Labute approximate surface area is 233 Å². The molecule has 0 saturated carbocycles. The van der Waals surface area contributed by atoms with E-state index in [1.54, 1.807) is 6.08 Å². The molecule has 0 spiro atoms. The fraction of sp³-hybridized carbons (Fsp3) is 0.267. The normalized spacial score (nSPS) is 8.05. The third-order valence-electron chi connectivity index (χ3n) is 1.88. The maximum Gasteiger partial charge on any atom is 0 e. The minimum absolute atomic E-state index is 0. The van der Waals surface area contributed by atoms with Crippen molar-refractivity contribution in [2.45, 2.75) is 20.8 Å². The Morgan fingerprint density at radius 1 is 0.909 bits per heavy atom. The van der Waals surface area contributed by atoms with Gasteiger partial charge in [0, 0.05) is 126 Å². The molecule has 0 heterocycles. The molecule has 0 fully saturated rings. The average molecular weight is 1490 g/mol. The molecule has 0 atom stereocenters. The van der Waals surface area contributed by atoms with Crippen molar-refractivity contribution in [3.63, 3.8) is 0 Å². The quantitative estimate of drug-likeness (QED) is 0.313. The molecule has 0 unspecified atom stereocenters. The first-order valence-corrected chi connectivity index (χ1v) is 6.83. The van der Waals surface area contributed by atoms with E-state index in [0.717, 1.165) is 0 Å². The van der Waals surface area contributed by atoms with Crippen LogP contribution in [0.3, 0.4) is 0 Å². The minimum Gasteiger partial charge on any atom is -0.184 e. The molecule has 22 heavy (non-hydrogen) atoms. The van der Waals surface area contributed by atoms with E-state index in [4.69, 9.17) is 6.58 Å². The fourth-order valence-corrected chi connectivity index (χ4v) is 2.46. The van der Waals surface area contributed by atoms with Crippen molar-refractivity contribution in [1.82, 2.24) is 0 Å². The van der Waals surface area contributed by atoms with E-state index in [0.29, 0.717) is 0 Å². The summed E-state index contributed by atoms with van der Waals surface area (Å²) in [6, 6.07) is 12.5. The zero-order valence-corrected chi connectivity index (χ0v) is 33.1. The minimum atomic E-state index is 0. The summed E-state index contributed by atoms with van der Waals surface area (Å²) in [5, 5.41) is 0. The van der Waals surface area contributed by atoms with Crippen LogP contribution in [-0.2, 0) is 146 Å². The van der Waals surface area contributed by atoms with Crippen molar-refractivity contribution in [1.29, 1.82) is 0 Å². The number of hydrogen-bond acceptors (Lipinski definition) is 0. The predicted molar refractivity (Wildman–Crippen MR) is 67.8 cm³/mol. The second-order valence-corrected chi connectivity index (χ2v) is 5.11. The zero-order valence-electron chi connectivity index (χ0n) is 12.6. The van der Waals surface area contributed by atoms with Crippen LogP contribution in [-0.4, -0.2) is 4.40 Å². The molecule has 0 aliphatic rings. The van der Waals surface area contributed by atoms with Crippen LogP contribution < -0.4 is 0 Å². The summed E-state index contributed by atoms with van der Waals surface area (Å²) in [4.78, 5) is 0. The molecule has 1 aromatic rings. The van der Waals surface area contributed by atoms with Gasteiger partial charge in [-0.1, -0.05) is 0 Å². The van der Waals surface area contributed by atoms with E-state index in [1.807, 2.05) is 36.4 Å². The van der Waals surface area contributed by atoms with Gasteiger partial charge in [-0.2, -0.15) is 36.4 Å². The second-order valence-electron chi connectivity index (χ2n) is 4.26. The van der Waals surface area contributed by atoms with E-state index in [2.05, 4.69) is 31.2 Å². The Bertz CT molecular complexity index is 316. The van der Waals surface area contributed by atoms with Crippen LogP contribution in [0.4, 0.5) is 0 Å². The summed E-state index contributed by atoms with van der Waals surface area (Å²) >= 11 is 1.47. The van der Waals surface area contributed by atoms with Gasteiger partial charge >= 0.3 is 74.2 Å². The molecular weight excluding hydrogens is 1470 g/mol. The first-order valence-electron chi connectivity index (χ1n) is 5.14. The van der Waals surface area contributed by atoms with E-state index in [-0.39, 0.29) is 132 Å². The predicted octanol–water partition coefficient (Wildman–Crippen LogP) is 3.77. The summed E-state index contributed by atoms with van der Waals surface area (Å²) in [6.07, 6.45) is 3.56. The van der Waals surface area contributed by atoms with Gasteiger partial charge in [-0.05, 0) is 0 Å². The summed E-state index contributed by atoms with van der Waals surface area (Å²) in [5.74, 6) is 0. The van der Waals surface area contributed by atoms with Gasteiger partial charge in [0.25, 0.3) is 0 Å². The van der Waals surface area contributed by atoms with Gasteiger partial charge in [0.1, 0.15) is 0 Å². The second kappa shape index (κ2) is 29.2. The Balaban J connectivity index is -0.0000000337. The SMILES string of the molecule is [CH-]=C/C=C(\[CH]=[W])C(C)(C)C.[W].[W].[W].[W].[W].[W].[c-]1ccccc1. The maximum absolute atomic E-state index is 5.29. The van der Waals surface area contributed by atoms with Crippen LogP contribution in [0.2, 0.25) is 0 Å². The van der Waals surface area contributed by atoms with Crippen molar-refractivity contribution in [2.75, 3.05) is 0 Å². The van der Waals surface area contributed by atoms with Crippen LogP contribution in [0.15, 0.2) is 48.1 Å². The van der Waals surface area contributed by atoms with Gasteiger partial charge in [-0.25, -0.2) is 0 Å². The van der Waals surface area contributed by atoms with E-state index >= 15 is 0 Å². The molecule has 7 heteroatoms. The Morgan fingerprint density at radius 2 is 1.32 bits per heavy atom. The molecule has 0 radical (unpaired) electrons. The monoisotopic (exact) mass is 1490 g/mol. The standard InChI is InChI=1S/C9H13.C6H5.7W/c1-6-7-8(2)9(3,4)5;1-2-4-6-5-3-1;;;;;;;/h1-2,6-7H,3-5H3;1-5H;;;;;;;/q2*-1;;;;;;;/b8-7+;;;;;;;;. The van der Waals surface area contributed by atoms with Gasteiger partial charge in [0.2, 0.25) is 0 Å². The van der Waals surface area contributed by atoms with Crippen molar-refractivity contribution in [3.8, 4) is 0 Å². The molecule has 0 N–H and O–H groups in total. The van der Waals surface area contributed by atoms with Crippen molar-refractivity contribution >= 4 is 4.40 Å².